The summed E-state index contributed by atoms with van der Waals surface area (Å²) in [4.78, 5) is 14.1. The quantitative estimate of drug-likeness (QED) is 0.894. The normalized spacial score (nSPS) is 21.7. The molecule has 0 aliphatic carbocycles. The van der Waals surface area contributed by atoms with Crippen molar-refractivity contribution in [1.29, 1.82) is 5.26 Å². The van der Waals surface area contributed by atoms with Gasteiger partial charge in [0.1, 0.15) is 5.92 Å². The summed E-state index contributed by atoms with van der Waals surface area (Å²) >= 11 is 0. The highest BCUT2D eigenvalue weighted by Gasteiger charge is 2.33. The smallest absolute Gasteiger partial charge is 0.244 e. The number of likely N-dealkylation sites (tertiary alicyclic amines) is 1. The van der Waals surface area contributed by atoms with E-state index in [1.165, 1.54) is 0 Å². The van der Waals surface area contributed by atoms with Crippen LogP contribution in [0, 0.1) is 17.2 Å². The number of benzene rings is 1. The van der Waals surface area contributed by atoms with Crippen molar-refractivity contribution in [2.24, 2.45) is 5.92 Å². The number of carbonyl (C=O) groups is 1. The topological polar surface area (TPSA) is 64.3 Å². The molecule has 19 heavy (non-hydrogen) atoms. The number of rotatable bonds is 3. The summed E-state index contributed by atoms with van der Waals surface area (Å²) in [6.07, 6.45) is 0.395. The first kappa shape index (κ1) is 13.6. The fourth-order valence-corrected chi connectivity index (χ4v) is 2.48. The lowest BCUT2D eigenvalue weighted by Gasteiger charge is -2.20. The van der Waals surface area contributed by atoms with E-state index in [0.29, 0.717) is 13.1 Å². The van der Waals surface area contributed by atoms with Crippen molar-refractivity contribution < 1.29 is 9.90 Å². The largest absolute Gasteiger partial charge is 0.393 e. The highest BCUT2D eigenvalue weighted by atomic mass is 16.3. The van der Waals surface area contributed by atoms with Crippen LogP contribution in [0.5, 0.6) is 0 Å². The van der Waals surface area contributed by atoms with E-state index in [0.717, 1.165) is 12.0 Å². The fourth-order valence-electron chi connectivity index (χ4n) is 2.48. The Hall–Kier alpha value is -1.86. The number of hydrogen-bond acceptors (Lipinski definition) is 3. The maximum atomic E-state index is 12.4. The molecule has 1 N–H and O–H groups in total. The summed E-state index contributed by atoms with van der Waals surface area (Å²) in [6, 6.07) is 11.2. The fraction of sp³-hybridized carbons (Fsp3) is 0.467. The summed E-state index contributed by atoms with van der Waals surface area (Å²) < 4.78 is 0. The van der Waals surface area contributed by atoms with Crippen molar-refractivity contribution in [3.05, 3.63) is 35.9 Å². The molecule has 0 spiro atoms. The van der Waals surface area contributed by atoms with Crippen molar-refractivity contribution in [3.63, 3.8) is 0 Å². The second kappa shape index (κ2) is 5.85. The Bertz CT molecular complexity index is 479. The van der Waals surface area contributed by atoms with Gasteiger partial charge >= 0.3 is 0 Å². The highest BCUT2D eigenvalue weighted by molar-refractivity contribution is 5.86. The van der Waals surface area contributed by atoms with Gasteiger partial charge in [-0.25, -0.2) is 0 Å². The SMILES string of the molecule is CC(O)C1CCN(C(=O)C(C#N)c2ccccc2)C1. The Morgan fingerprint density at radius 2 is 2.16 bits per heavy atom. The molecule has 1 saturated heterocycles. The first-order chi connectivity index (χ1) is 9.13. The van der Waals surface area contributed by atoms with Crippen molar-refractivity contribution >= 4 is 5.91 Å². The second-order valence-corrected chi connectivity index (χ2v) is 5.05. The highest BCUT2D eigenvalue weighted by Crippen LogP contribution is 2.24. The number of nitrogens with zero attached hydrogens (tertiary/aromatic N) is 2. The van der Waals surface area contributed by atoms with Gasteiger partial charge in [0.15, 0.2) is 0 Å². The maximum absolute atomic E-state index is 12.4. The molecule has 0 saturated carbocycles. The van der Waals surface area contributed by atoms with Gasteiger partial charge in [0.2, 0.25) is 5.91 Å². The molecule has 2 rings (SSSR count). The molecule has 3 unspecified atom stereocenters. The summed E-state index contributed by atoms with van der Waals surface area (Å²) in [5, 5.41) is 18.8. The monoisotopic (exact) mass is 258 g/mol. The molecule has 4 nitrogen and oxygen atoms in total. The van der Waals surface area contributed by atoms with E-state index in [-0.39, 0.29) is 11.8 Å². The Kier molecular flexibility index (Phi) is 4.18. The third kappa shape index (κ3) is 2.94. The molecule has 1 aliphatic heterocycles. The van der Waals surface area contributed by atoms with Gasteiger partial charge in [-0.1, -0.05) is 30.3 Å². The Morgan fingerprint density at radius 1 is 1.47 bits per heavy atom. The number of carbonyl (C=O) groups excluding carboxylic acids is 1. The molecule has 1 heterocycles. The van der Waals surface area contributed by atoms with Crippen LogP contribution in [0.2, 0.25) is 0 Å². The standard InChI is InChI=1S/C15H18N2O2/c1-11(18)13-7-8-17(10-13)15(19)14(9-16)12-5-3-2-4-6-12/h2-6,11,13-14,18H,7-8,10H2,1H3. The Morgan fingerprint density at radius 3 is 2.68 bits per heavy atom. The number of hydrogen-bond donors (Lipinski definition) is 1. The van der Waals surface area contributed by atoms with Crippen molar-refractivity contribution in [1.82, 2.24) is 4.90 Å². The average molecular weight is 258 g/mol. The van der Waals surface area contributed by atoms with Gasteiger partial charge in [0.25, 0.3) is 0 Å². The minimum atomic E-state index is -0.742. The minimum absolute atomic E-state index is 0.124. The molecule has 3 atom stereocenters. The predicted octanol–water partition coefficient (Wildman–Crippen LogP) is 1.52. The number of aliphatic hydroxyl groups excluding tert-OH is 1. The molecular weight excluding hydrogens is 240 g/mol. The third-order valence-corrected chi connectivity index (χ3v) is 3.73. The van der Waals surface area contributed by atoms with Gasteiger partial charge in [-0.2, -0.15) is 5.26 Å². The van der Waals surface area contributed by atoms with Gasteiger partial charge in [-0.3, -0.25) is 4.79 Å². The zero-order valence-electron chi connectivity index (χ0n) is 11.0. The molecular formula is C15H18N2O2. The summed E-state index contributed by atoms with van der Waals surface area (Å²) in [6.45, 7) is 2.92. The molecule has 1 amide bonds. The van der Waals surface area contributed by atoms with Crippen LogP contribution in [0.1, 0.15) is 24.8 Å². The summed E-state index contributed by atoms with van der Waals surface area (Å²) in [7, 11) is 0. The van der Waals surface area contributed by atoms with Crippen LogP contribution in [0.3, 0.4) is 0 Å². The summed E-state index contributed by atoms with van der Waals surface area (Å²) in [5.74, 6) is -0.773. The van der Waals surface area contributed by atoms with E-state index in [2.05, 4.69) is 6.07 Å². The van der Waals surface area contributed by atoms with Crippen molar-refractivity contribution in [3.8, 4) is 6.07 Å². The third-order valence-electron chi connectivity index (χ3n) is 3.73. The lowest BCUT2D eigenvalue weighted by Crippen LogP contribution is -2.34. The molecule has 0 radical (unpaired) electrons. The first-order valence-electron chi connectivity index (χ1n) is 6.55. The van der Waals surface area contributed by atoms with Crippen molar-refractivity contribution in [2.45, 2.75) is 25.4 Å². The van der Waals surface area contributed by atoms with E-state index in [1.54, 1.807) is 24.0 Å². The molecule has 100 valence electrons. The number of nitriles is 1. The van der Waals surface area contributed by atoms with Crippen LogP contribution >= 0.6 is 0 Å². The van der Waals surface area contributed by atoms with E-state index in [4.69, 9.17) is 0 Å². The maximum Gasteiger partial charge on any atom is 0.244 e. The molecule has 1 aliphatic rings. The summed E-state index contributed by atoms with van der Waals surface area (Å²) in [5.41, 5.74) is 0.732. The van der Waals surface area contributed by atoms with Crippen molar-refractivity contribution in [2.75, 3.05) is 13.1 Å². The molecule has 0 bridgehead atoms. The van der Waals surface area contributed by atoms with Crippen LogP contribution in [-0.2, 0) is 4.79 Å². The zero-order valence-corrected chi connectivity index (χ0v) is 11.0. The van der Waals surface area contributed by atoms with Gasteiger partial charge in [0, 0.05) is 19.0 Å². The van der Waals surface area contributed by atoms with Crippen LogP contribution < -0.4 is 0 Å². The Labute approximate surface area is 113 Å². The van der Waals surface area contributed by atoms with Crippen LogP contribution in [0.4, 0.5) is 0 Å². The van der Waals surface area contributed by atoms with Gasteiger partial charge in [-0.15, -0.1) is 0 Å². The van der Waals surface area contributed by atoms with Gasteiger partial charge in [-0.05, 0) is 18.9 Å². The van der Waals surface area contributed by atoms with Gasteiger partial charge in [0.05, 0.1) is 12.2 Å². The van der Waals surface area contributed by atoms with Crippen LogP contribution in [0.15, 0.2) is 30.3 Å². The number of aliphatic hydroxyl groups is 1. The lowest BCUT2D eigenvalue weighted by atomic mass is 9.99. The van der Waals surface area contributed by atoms with Gasteiger partial charge < -0.3 is 10.0 Å². The van der Waals surface area contributed by atoms with Crippen LogP contribution in [-0.4, -0.2) is 35.1 Å². The van der Waals surface area contributed by atoms with E-state index in [1.807, 2.05) is 18.2 Å². The molecule has 4 heteroatoms. The predicted molar refractivity (Wildman–Crippen MR) is 71.2 cm³/mol. The minimum Gasteiger partial charge on any atom is -0.393 e. The molecule has 1 aromatic carbocycles. The zero-order chi connectivity index (χ0) is 13.8. The van der Waals surface area contributed by atoms with E-state index in [9.17, 15) is 15.2 Å². The van der Waals surface area contributed by atoms with E-state index < -0.39 is 12.0 Å². The van der Waals surface area contributed by atoms with Crippen LogP contribution in [0.25, 0.3) is 0 Å². The number of amides is 1. The molecule has 0 aromatic heterocycles. The van der Waals surface area contributed by atoms with E-state index >= 15 is 0 Å². The second-order valence-electron chi connectivity index (χ2n) is 5.05. The lowest BCUT2D eigenvalue weighted by molar-refractivity contribution is -0.130. The molecule has 1 fully saturated rings. The molecule has 1 aromatic rings. The average Bonchev–Trinajstić information content (AvgIpc) is 2.90. The Balaban J connectivity index is 2.09. The first-order valence-corrected chi connectivity index (χ1v) is 6.55.